The van der Waals surface area contributed by atoms with Gasteiger partial charge in [0.05, 0.1) is 5.41 Å². The highest BCUT2D eigenvalue weighted by molar-refractivity contribution is 5.96. The molecular formula is C16H24N2O. The van der Waals surface area contributed by atoms with Crippen LogP contribution in [0.1, 0.15) is 43.2 Å². The molecule has 0 aromatic heterocycles. The van der Waals surface area contributed by atoms with Crippen LogP contribution in [0.4, 0.5) is 5.69 Å². The van der Waals surface area contributed by atoms with Gasteiger partial charge in [-0.25, -0.2) is 0 Å². The normalized spacial score (nSPS) is 18.1. The van der Waals surface area contributed by atoms with E-state index in [-0.39, 0.29) is 11.3 Å². The summed E-state index contributed by atoms with van der Waals surface area (Å²) in [7, 11) is 0. The molecule has 1 amide bonds. The molecule has 0 heterocycles. The SMILES string of the molecule is Cc1cccc(C)c1NC(=O)C1(CN)CCCCC1. The fourth-order valence-corrected chi connectivity index (χ4v) is 3.01. The van der Waals surface area contributed by atoms with E-state index in [4.69, 9.17) is 5.73 Å². The van der Waals surface area contributed by atoms with E-state index >= 15 is 0 Å². The molecule has 3 heteroatoms. The first-order valence-corrected chi connectivity index (χ1v) is 7.17. The first-order valence-electron chi connectivity index (χ1n) is 7.17. The van der Waals surface area contributed by atoms with Gasteiger partial charge in [-0.15, -0.1) is 0 Å². The second-order valence-corrected chi connectivity index (χ2v) is 5.77. The van der Waals surface area contributed by atoms with Gasteiger partial charge >= 0.3 is 0 Å². The van der Waals surface area contributed by atoms with Crippen LogP contribution in [0.15, 0.2) is 18.2 Å². The lowest BCUT2D eigenvalue weighted by atomic mass is 9.73. The zero-order valence-electron chi connectivity index (χ0n) is 12.0. The van der Waals surface area contributed by atoms with Crippen molar-refractivity contribution in [3.63, 3.8) is 0 Å². The standard InChI is InChI=1S/C16H24N2O/c1-12-7-6-8-13(2)14(12)18-15(19)16(11-17)9-4-3-5-10-16/h6-8H,3-5,9-11,17H2,1-2H3,(H,18,19). The van der Waals surface area contributed by atoms with Crippen molar-refractivity contribution >= 4 is 11.6 Å². The Hall–Kier alpha value is -1.35. The van der Waals surface area contributed by atoms with Gasteiger partial charge in [0, 0.05) is 12.2 Å². The Morgan fingerprint density at radius 3 is 2.32 bits per heavy atom. The molecule has 0 spiro atoms. The third-order valence-electron chi connectivity index (χ3n) is 4.40. The average Bonchev–Trinajstić information content (AvgIpc) is 2.43. The molecule has 3 N–H and O–H groups in total. The lowest BCUT2D eigenvalue weighted by molar-refractivity contribution is -0.126. The van der Waals surface area contributed by atoms with Crippen molar-refractivity contribution in [1.29, 1.82) is 0 Å². The number of hydrogen-bond donors (Lipinski definition) is 2. The van der Waals surface area contributed by atoms with Crippen LogP contribution in [-0.4, -0.2) is 12.5 Å². The molecule has 0 atom stereocenters. The van der Waals surface area contributed by atoms with Crippen molar-refractivity contribution < 1.29 is 4.79 Å². The summed E-state index contributed by atoms with van der Waals surface area (Å²) in [6, 6.07) is 6.07. The minimum Gasteiger partial charge on any atom is -0.329 e. The maximum absolute atomic E-state index is 12.6. The number of anilines is 1. The fraction of sp³-hybridized carbons (Fsp3) is 0.562. The molecule has 1 aliphatic rings. The Kier molecular flexibility index (Phi) is 4.25. The van der Waals surface area contributed by atoms with Crippen LogP contribution in [0.25, 0.3) is 0 Å². The van der Waals surface area contributed by atoms with Crippen molar-refractivity contribution in [3.05, 3.63) is 29.3 Å². The van der Waals surface area contributed by atoms with Gasteiger partial charge < -0.3 is 11.1 Å². The quantitative estimate of drug-likeness (QED) is 0.877. The number of benzene rings is 1. The second kappa shape index (κ2) is 5.74. The van der Waals surface area contributed by atoms with Crippen LogP contribution in [0.2, 0.25) is 0 Å². The summed E-state index contributed by atoms with van der Waals surface area (Å²) < 4.78 is 0. The average molecular weight is 260 g/mol. The lowest BCUT2D eigenvalue weighted by Crippen LogP contribution is -2.44. The number of nitrogens with two attached hydrogens (primary N) is 1. The number of hydrogen-bond acceptors (Lipinski definition) is 2. The van der Waals surface area contributed by atoms with E-state index in [2.05, 4.69) is 5.32 Å². The van der Waals surface area contributed by atoms with Crippen LogP contribution < -0.4 is 11.1 Å². The Labute approximate surface area is 115 Å². The number of carbonyl (C=O) groups is 1. The molecule has 1 aromatic rings. The highest BCUT2D eigenvalue weighted by Crippen LogP contribution is 2.37. The lowest BCUT2D eigenvalue weighted by Gasteiger charge is -2.35. The van der Waals surface area contributed by atoms with E-state index in [0.29, 0.717) is 6.54 Å². The van der Waals surface area contributed by atoms with Crippen LogP contribution in [0, 0.1) is 19.3 Å². The largest absolute Gasteiger partial charge is 0.329 e. The molecular weight excluding hydrogens is 236 g/mol. The second-order valence-electron chi connectivity index (χ2n) is 5.77. The Morgan fingerprint density at radius 2 is 1.79 bits per heavy atom. The smallest absolute Gasteiger partial charge is 0.231 e. The van der Waals surface area contributed by atoms with Gasteiger partial charge in [-0.2, -0.15) is 0 Å². The third kappa shape index (κ3) is 2.81. The van der Waals surface area contributed by atoms with Crippen LogP contribution in [0.5, 0.6) is 0 Å². The van der Waals surface area contributed by atoms with E-state index in [0.717, 1.165) is 42.5 Å². The summed E-state index contributed by atoms with van der Waals surface area (Å²) in [6.45, 7) is 4.50. The molecule has 0 radical (unpaired) electrons. The van der Waals surface area contributed by atoms with E-state index in [9.17, 15) is 4.79 Å². The molecule has 1 fully saturated rings. The first-order chi connectivity index (χ1) is 9.09. The molecule has 0 bridgehead atoms. The number of aryl methyl sites for hydroxylation is 2. The summed E-state index contributed by atoms with van der Waals surface area (Å²) in [5, 5.41) is 3.12. The minimum absolute atomic E-state index is 0.104. The summed E-state index contributed by atoms with van der Waals surface area (Å²) in [4.78, 5) is 12.6. The van der Waals surface area contributed by atoms with E-state index in [1.165, 1.54) is 6.42 Å². The molecule has 0 saturated heterocycles. The van der Waals surface area contributed by atoms with Crippen molar-refractivity contribution in [3.8, 4) is 0 Å². The van der Waals surface area contributed by atoms with Crippen LogP contribution in [0.3, 0.4) is 0 Å². The number of rotatable bonds is 3. The summed E-state index contributed by atoms with van der Waals surface area (Å²) in [6.07, 6.45) is 5.27. The zero-order chi connectivity index (χ0) is 13.9. The Bertz CT molecular complexity index is 442. The van der Waals surface area contributed by atoms with Gasteiger partial charge in [0.25, 0.3) is 0 Å². The molecule has 0 aliphatic heterocycles. The topological polar surface area (TPSA) is 55.1 Å². The van der Waals surface area contributed by atoms with Crippen molar-refractivity contribution in [2.24, 2.45) is 11.1 Å². The summed E-state index contributed by atoms with van der Waals surface area (Å²) in [5.74, 6) is 0.104. The number of amides is 1. The molecule has 1 aliphatic carbocycles. The first kappa shape index (κ1) is 14.1. The van der Waals surface area contributed by atoms with Gasteiger partial charge in [0.1, 0.15) is 0 Å². The van der Waals surface area contributed by atoms with E-state index < -0.39 is 0 Å². The molecule has 19 heavy (non-hydrogen) atoms. The minimum atomic E-state index is -0.354. The number of nitrogens with one attached hydrogen (secondary N) is 1. The maximum atomic E-state index is 12.6. The monoisotopic (exact) mass is 260 g/mol. The molecule has 1 saturated carbocycles. The van der Waals surface area contributed by atoms with Gasteiger partial charge in [-0.1, -0.05) is 37.5 Å². The van der Waals surface area contributed by atoms with Crippen molar-refractivity contribution in [1.82, 2.24) is 0 Å². The maximum Gasteiger partial charge on any atom is 0.231 e. The fourth-order valence-electron chi connectivity index (χ4n) is 3.01. The van der Waals surface area contributed by atoms with Crippen LogP contribution in [-0.2, 0) is 4.79 Å². The van der Waals surface area contributed by atoms with E-state index in [1.807, 2.05) is 32.0 Å². The molecule has 0 unspecified atom stereocenters. The highest BCUT2D eigenvalue weighted by atomic mass is 16.2. The third-order valence-corrected chi connectivity index (χ3v) is 4.40. The Balaban J connectivity index is 2.20. The van der Waals surface area contributed by atoms with Crippen molar-refractivity contribution in [2.75, 3.05) is 11.9 Å². The predicted octanol–water partition coefficient (Wildman–Crippen LogP) is 3.15. The summed E-state index contributed by atoms with van der Waals surface area (Å²) >= 11 is 0. The van der Waals surface area contributed by atoms with E-state index in [1.54, 1.807) is 0 Å². The zero-order valence-corrected chi connectivity index (χ0v) is 12.0. The number of para-hydroxylation sites is 1. The predicted molar refractivity (Wildman–Crippen MR) is 79.1 cm³/mol. The molecule has 3 nitrogen and oxygen atoms in total. The van der Waals surface area contributed by atoms with Crippen LogP contribution >= 0.6 is 0 Å². The summed E-state index contributed by atoms with van der Waals surface area (Å²) in [5.41, 5.74) is 8.72. The van der Waals surface area contributed by atoms with Gasteiger partial charge in [-0.3, -0.25) is 4.79 Å². The van der Waals surface area contributed by atoms with Gasteiger partial charge in [0.2, 0.25) is 5.91 Å². The van der Waals surface area contributed by atoms with Crippen molar-refractivity contribution in [2.45, 2.75) is 46.0 Å². The van der Waals surface area contributed by atoms with Gasteiger partial charge in [0.15, 0.2) is 0 Å². The highest BCUT2D eigenvalue weighted by Gasteiger charge is 2.38. The Morgan fingerprint density at radius 1 is 1.21 bits per heavy atom. The molecule has 104 valence electrons. The van der Waals surface area contributed by atoms with Gasteiger partial charge in [-0.05, 0) is 37.8 Å². The molecule has 1 aromatic carbocycles. The number of carbonyl (C=O) groups excluding carboxylic acids is 1. The molecule has 2 rings (SSSR count).